The third-order valence-corrected chi connectivity index (χ3v) is 5.81. The van der Waals surface area contributed by atoms with Gasteiger partial charge >= 0.3 is 5.69 Å². The van der Waals surface area contributed by atoms with Gasteiger partial charge in [-0.3, -0.25) is 14.9 Å². The number of nitro groups is 1. The predicted molar refractivity (Wildman–Crippen MR) is 129 cm³/mol. The summed E-state index contributed by atoms with van der Waals surface area (Å²) >= 11 is 3.39. The molecule has 168 valence electrons. The average molecular weight is 501 g/mol. The molecule has 0 fully saturated rings. The van der Waals surface area contributed by atoms with Gasteiger partial charge in [0, 0.05) is 22.0 Å². The lowest BCUT2D eigenvalue weighted by atomic mass is 10.1. The standard InChI is InChI=1S/C23H25BrN4O4/c1-5-14(3)22-26-19-11-10-17(24)12-18(19)23(29)27(22)25-13-16-8-7-9-20(28(30)31)21(16)32-15(4)6-2/h7-15H,5-6H2,1-4H3/t14-,15+/m1/s1. The number of ether oxygens (including phenoxy) is 1. The molecule has 0 aliphatic heterocycles. The van der Waals surface area contributed by atoms with Gasteiger partial charge < -0.3 is 4.74 Å². The molecule has 3 aromatic rings. The molecule has 32 heavy (non-hydrogen) atoms. The zero-order valence-electron chi connectivity index (χ0n) is 18.4. The van der Waals surface area contributed by atoms with Crippen LogP contribution in [0, 0.1) is 10.1 Å². The maximum absolute atomic E-state index is 13.3. The number of halogens is 1. The molecule has 0 saturated carbocycles. The molecule has 0 N–H and O–H groups in total. The van der Waals surface area contributed by atoms with Crippen molar-refractivity contribution in [1.29, 1.82) is 0 Å². The van der Waals surface area contributed by atoms with E-state index < -0.39 is 4.92 Å². The lowest BCUT2D eigenvalue weighted by Gasteiger charge is -2.15. The fourth-order valence-corrected chi connectivity index (χ4v) is 3.46. The molecule has 8 nitrogen and oxygen atoms in total. The monoisotopic (exact) mass is 500 g/mol. The summed E-state index contributed by atoms with van der Waals surface area (Å²) in [5.41, 5.74) is 0.550. The van der Waals surface area contributed by atoms with Crippen molar-refractivity contribution in [2.24, 2.45) is 5.10 Å². The summed E-state index contributed by atoms with van der Waals surface area (Å²) in [7, 11) is 0. The van der Waals surface area contributed by atoms with Crippen molar-refractivity contribution in [2.45, 2.75) is 52.6 Å². The Morgan fingerprint density at radius 2 is 2.00 bits per heavy atom. The van der Waals surface area contributed by atoms with E-state index in [4.69, 9.17) is 4.74 Å². The zero-order valence-corrected chi connectivity index (χ0v) is 20.0. The quantitative estimate of drug-likeness (QED) is 0.226. The number of nitro benzene ring substituents is 1. The van der Waals surface area contributed by atoms with Gasteiger partial charge in [-0.05, 0) is 44.0 Å². The Hall–Kier alpha value is -3.07. The number of rotatable bonds is 8. The molecule has 0 bridgehead atoms. The van der Waals surface area contributed by atoms with Gasteiger partial charge in [-0.25, -0.2) is 4.98 Å². The smallest absolute Gasteiger partial charge is 0.311 e. The van der Waals surface area contributed by atoms with Gasteiger partial charge in [0.2, 0.25) is 5.75 Å². The number of fused-ring (bicyclic) bond motifs is 1. The van der Waals surface area contributed by atoms with Gasteiger partial charge in [0.15, 0.2) is 0 Å². The van der Waals surface area contributed by atoms with E-state index in [-0.39, 0.29) is 29.0 Å². The summed E-state index contributed by atoms with van der Waals surface area (Å²) in [6, 6.07) is 9.97. The van der Waals surface area contributed by atoms with Crippen molar-refractivity contribution >= 4 is 38.7 Å². The summed E-state index contributed by atoms with van der Waals surface area (Å²) in [6.07, 6.45) is 2.65. The average Bonchev–Trinajstić information content (AvgIpc) is 2.78. The SMILES string of the molecule is CC[C@@H](C)c1nc2ccc(Br)cc2c(=O)n1N=Cc1cccc([N+](=O)[O-])c1O[C@@H](C)CC. The van der Waals surface area contributed by atoms with E-state index >= 15 is 0 Å². The third kappa shape index (κ3) is 4.88. The minimum absolute atomic E-state index is 0.0196. The van der Waals surface area contributed by atoms with E-state index in [0.717, 1.165) is 10.9 Å². The first kappa shape index (κ1) is 23.6. The lowest BCUT2D eigenvalue weighted by Crippen LogP contribution is -2.23. The second kappa shape index (κ2) is 10.0. The van der Waals surface area contributed by atoms with Crippen molar-refractivity contribution in [2.75, 3.05) is 0 Å². The first-order valence-corrected chi connectivity index (χ1v) is 11.3. The number of hydrogen-bond donors (Lipinski definition) is 0. The molecule has 0 aliphatic carbocycles. The van der Waals surface area contributed by atoms with E-state index in [1.165, 1.54) is 17.0 Å². The van der Waals surface area contributed by atoms with Crippen molar-refractivity contribution < 1.29 is 9.66 Å². The lowest BCUT2D eigenvalue weighted by molar-refractivity contribution is -0.386. The van der Waals surface area contributed by atoms with Crippen LogP contribution in [0.4, 0.5) is 5.69 Å². The van der Waals surface area contributed by atoms with Crippen molar-refractivity contribution in [1.82, 2.24) is 9.66 Å². The highest BCUT2D eigenvalue weighted by molar-refractivity contribution is 9.10. The van der Waals surface area contributed by atoms with Crippen LogP contribution in [0.25, 0.3) is 10.9 Å². The molecule has 3 rings (SSSR count). The number of para-hydroxylation sites is 1. The van der Waals surface area contributed by atoms with Gasteiger partial charge in [-0.1, -0.05) is 42.8 Å². The van der Waals surface area contributed by atoms with Crippen LogP contribution in [0.2, 0.25) is 0 Å². The summed E-state index contributed by atoms with van der Waals surface area (Å²) < 4.78 is 7.88. The molecule has 0 saturated heterocycles. The topological polar surface area (TPSA) is 99.6 Å². The normalized spacial score (nSPS) is 13.4. The third-order valence-electron chi connectivity index (χ3n) is 5.31. The van der Waals surface area contributed by atoms with Crippen LogP contribution in [0.5, 0.6) is 5.75 Å². The van der Waals surface area contributed by atoms with Gasteiger partial charge in [-0.2, -0.15) is 9.78 Å². The van der Waals surface area contributed by atoms with Crippen LogP contribution < -0.4 is 10.3 Å². The van der Waals surface area contributed by atoms with E-state index in [1.54, 1.807) is 24.3 Å². The van der Waals surface area contributed by atoms with Gasteiger partial charge in [0.05, 0.1) is 28.1 Å². The van der Waals surface area contributed by atoms with Crippen LogP contribution in [0.1, 0.15) is 57.8 Å². The molecule has 0 unspecified atom stereocenters. The largest absolute Gasteiger partial charge is 0.483 e. The Kier molecular flexibility index (Phi) is 7.40. The maximum Gasteiger partial charge on any atom is 0.311 e. The van der Waals surface area contributed by atoms with E-state index in [9.17, 15) is 14.9 Å². The van der Waals surface area contributed by atoms with Crippen molar-refractivity contribution in [3.05, 3.63) is 72.7 Å². The minimum atomic E-state index is -0.485. The van der Waals surface area contributed by atoms with E-state index in [1.807, 2.05) is 33.8 Å². The second-order valence-electron chi connectivity index (χ2n) is 7.59. The van der Waals surface area contributed by atoms with Gasteiger partial charge in [-0.15, -0.1) is 0 Å². The van der Waals surface area contributed by atoms with Crippen LogP contribution >= 0.6 is 15.9 Å². The highest BCUT2D eigenvalue weighted by Crippen LogP contribution is 2.31. The first-order chi connectivity index (χ1) is 15.3. The number of aromatic nitrogens is 2. The molecule has 1 aromatic heterocycles. The van der Waals surface area contributed by atoms with E-state index in [0.29, 0.717) is 28.7 Å². The fourth-order valence-electron chi connectivity index (χ4n) is 3.10. The number of hydrogen-bond acceptors (Lipinski definition) is 6. The zero-order chi connectivity index (χ0) is 23.4. The molecule has 0 spiro atoms. The molecular formula is C23H25BrN4O4. The molecule has 0 aliphatic rings. The number of benzene rings is 2. The Labute approximate surface area is 194 Å². The maximum atomic E-state index is 13.3. The van der Waals surface area contributed by atoms with Crippen molar-refractivity contribution in [3.8, 4) is 5.75 Å². The Morgan fingerprint density at radius 1 is 1.25 bits per heavy atom. The summed E-state index contributed by atoms with van der Waals surface area (Å²) in [4.78, 5) is 29.0. The molecule has 9 heteroatoms. The van der Waals surface area contributed by atoms with E-state index in [2.05, 4.69) is 26.0 Å². The Morgan fingerprint density at radius 3 is 2.66 bits per heavy atom. The molecular weight excluding hydrogens is 476 g/mol. The minimum Gasteiger partial charge on any atom is -0.483 e. The van der Waals surface area contributed by atoms with Crippen LogP contribution in [0.15, 0.2) is 50.8 Å². The summed E-state index contributed by atoms with van der Waals surface area (Å²) in [6.45, 7) is 7.76. The molecule has 0 amide bonds. The number of nitrogens with zero attached hydrogens (tertiary/aromatic N) is 4. The second-order valence-corrected chi connectivity index (χ2v) is 8.51. The summed E-state index contributed by atoms with van der Waals surface area (Å²) in [5.74, 6) is 0.637. The van der Waals surface area contributed by atoms with Gasteiger partial charge in [0.25, 0.3) is 5.56 Å². The van der Waals surface area contributed by atoms with Crippen LogP contribution in [-0.2, 0) is 0 Å². The van der Waals surface area contributed by atoms with Crippen LogP contribution in [0.3, 0.4) is 0 Å². The summed E-state index contributed by atoms with van der Waals surface area (Å²) in [5, 5.41) is 16.4. The Bertz CT molecular complexity index is 1240. The highest BCUT2D eigenvalue weighted by Gasteiger charge is 2.21. The molecule has 0 radical (unpaired) electrons. The fraction of sp³-hybridized carbons (Fsp3) is 0.348. The predicted octanol–water partition coefficient (Wildman–Crippen LogP) is 5.64. The van der Waals surface area contributed by atoms with Gasteiger partial charge in [0.1, 0.15) is 5.82 Å². The Balaban J connectivity index is 2.20. The first-order valence-electron chi connectivity index (χ1n) is 10.5. The van der Waals surface area contributed by atoms with Crippen LogP contribution in [-0.4, -0.2) is 26.9 Å². The molecule has 2 aromatic carbocycles. The van der Waals surface area contributed by atoms with Crippen molar-refractivity contribution in [3.63, 3.8) is 0 Å². The highest BCUT2D eigenvalue weighted by atomic mass is 79.9. The molecule has 2 atom stereocenters. The molecule has 1 heterocycles.